The van der Waals surface area contributed by atoms with Gasteiger partial charge in [0.05, 0.1) is 0 Å². The van der Waals surface area contributed by atoms with Crippen molar-refractivity contribution in [2.75, 3.05) is 13.1 Å². The minimum absolute atomic E-state index is 0. The molecule has 0 aliphatic heterocycles. The Bertz CT molecular complexity index is 479. The van der Waals surface area contributed by atoms with Crippen LogP contribution in [0.2, 0.25) is 0 Å². The second-order valence-electron chi connectivity index (χ2n) is 6.14. The van der Waals surface area contributed by atoms with E-state index in [4.69, 9.17) is 0 Å². The van der Waals surface area contributed by atoms with Gasteiger partial charge >= 0.3 is 0 Å². The second-order valence-corrected chi connectivity index (χ2v) is 6.14. The highest BCUT2D eigenvalue weighted by atomic mass is 127. The molecule has 6 nitrogen and oxygen atoms in total. The van der Waals surface area contributed by atoms with Crippen LogP contribution in [0, 0.1) is 12.8 Å². The molecule has 0 unspecified atom stereocenters. The maximum absolute atomic E-state index is 4.60. The Kier molecular flexibility index (Phi) is 9.50. The Labute approximate surface area is 157 Å². The number of guanidine groups is 1. The summed E-state index contributed by atoms with van der Waals surface area (Å²) in [4.78, 5) is 4.60. The smallest absolute Gasteiger partial charge is 0.191 e. The van der Waals surface area contributed by atoms with Crippen LogP contribution in [0.5, 0.6) is 0 Å². The number of hydrogen-bond donors (Lipinski definition) is 2. The summed E-state index contributed by atoms with van der Waals surface area (Å²) in [6.45, 7) is 6.44. The van der Waals surface area contributed by atoms with Crippen molar-refractivity contribution in [3.05, 3.63) is 11.6 Å². The van der Waals surface area contributed by atoms with Crippen LogP contribution in [-0.4, -0.2) is 33.8 Å². The van der Waals surface area contributed by atoms with E-state index in [1.165, 1.54) is 38.5 Å². The Balaban J connectivity index is 0.00000264. The molecule has 1 aliphatic rings. The number of aryl methyl sites for hydroxylation is 1. The van der Waals surface area contributed by atoms with Gasteiger partial charge in [-0.3, -0.25) is 0 Å². The zero-order chi connectivity index (χ0) is 15.8. The van der Waals surface area contributed by atoms with E-state index in [0.717, 1.165) is 36.6 Å². The minimum atomic E-state index is 0. The maximum atomic E-state index is 4.60. The Morgan fingerprint density at radius 2 is 2.00 bits per heavy atom. The van der Waals surface area contributed by atoms with E-state index in [1.54, 1.807) is 0 Å². The molecule has 0 atom stereocenters. The van der Waals surface area contributed by atoms with E-state index >= 15 is 0 Å². The van der Waals surface area contributed by atoms with Crippen LogP contribution >= 0.6 is 24.0 Å². The van der Waals surface area contributed by atoms with Crippen LogP contribution < -0.4 is 10.6 Å². The Hall–Kier alpha value is -0.860. The van der Waals surface area contributed by atoms with Crippen LogP contribution in [0.15, 0.2) is 4.99 Å². The summed E-state index contributed by atoms with van der Waals surface area (Å²) in [7, 11) is 1.97. The zero-order valence-corrected chi connectivity index (χ0v) is 17.0. The van der Waals surface area contributed by atoms with Crippen LogP contribution in [-0.2, 0) is 13.6 Å². The van der Waals surface area contributed by atoms with Crippen molar-refractivity contribution in [2.45, 2.75) is 58.9 Å². The van der Waals surface area contributed by atoms with E-state index in [-0.39, 0.29) is 24.0 Å². The topological polar surface area (TPSA) is 67.1 Å². The molecule has 0 bridgehead atoms. The van der Waals surface area contributed by atoms with E-state index in [1.807, 2.05) is 18.5 Å². The first-order chi connectivity index (χ1) is 10.7. The van der Waals surface area contributed by atoms with Crippen molar-refractivity contribution in [3.63, 3.8) is 0 Å². The molecular weight excluding hydrogens is 403 g/mol. The molecule has 1 aromatic rings. The van der Waals surface area contributed by atoms with Gasteiger partial charge in [-0.2, -0.15) is 0 Å². The number of nitrogens with one attached hydrogen (secondary N) is 2. The Morgan fingerprint density at radius 1 is 1.26 bits per heavy atom. The molecular formula is C16H31IN6. The quantitative estimate of drug-likeness (QED) is 0.300. The first kappa shape index (κ1) is 20.2. The zero-order valence-electron chi connectivity index (χ0n) is 14.6. The fraction of sp³-hybridized carbons (Fsp3) is 0.812. The highest BCUT2D eigenvalue weighted by molar-refractivity contribution is 14.0. The summed E-state index contributed by atoms with van der Waals surface area (Å²) in [6, 6.07) is 0. The first-order valence-corrected chi connectivity index (χ1v) is 8.57. The van der Waals surface area contributed by atoms with Gasteiger partial charge in [0.2, 0.25) is 0 Å². The van der Waals surface area contributed by atoms with Crippen LogP contribution in [0.25, 0.3) is 0 Å². The predicted octanol–water partition coefficient (Wildman–Crippen LogP) is 2.77. The third-order valence-electron chi connectivity index (χ3n) is 4.46. The van der Waals surface area contributed by atoms with Gasteiger partial charge in [-0.05, 0) is 32.6 Å². The van der Waals surface area contributed by atoms with Crippen molar-refractivity contribution in [2.24, 2.45) is 18.0 Å². The van der Waals surface area contributed by atoms with Gasteiger partial charge in [0, 0.05) is 20.1 Å². The van der Waals surface area contributed by atoms with Crippen molar-refractivity contribution in [1.29, 1.82) is 0 Å². The lowest BCUT2D eigenvalue weighted by molar-refractivity contribution is 0.481. The highest BCUT2D eigenvalue weighted by Gasteiger charge is 2.14. The SMILES string of the molecule is CCNC(=NCc1nnc(C)n1C)NCCCC1CCCC1.I. The van der Waals surface area contributed by atoms with Crippen LogP contribution in [0.1, 0.15) is 57.1 Å². The van der Waals surface area contributed by atoms with Gasteiger partial charge in [0.25, 0.3) is 0 Å². The largest absolute Gasteiger partial charge is 0.357 e. The van der Waals surface area contributed by atoms with Gasteiger partial charge in [-0.25, -0.2) is 4.99 Å². The van der Waals surface area contributed by atoms with Crippen molar-refractivity contribution in [3.8, 4) is 0 Å². The molecule has 1 aliphatic carbocycles. The molecule has 2 rings (SSSR count). The molecule has 132 valence electrons. The molecule has 1 heterocycles. The normalized spacial score (nSPS) is 15.5. The van der Waals surface area contributed by atoms with Crippen LogP contribution in [0.4, 0.5) is 0 Å². The second kappa shape index (κ2) is 10.8. The van der Waals surface area contributed by atoms with Crippen LogP contribution in [0.3, 0.4) is 0 Å². The summed E-state index contributed by atoms with van der Waals surface area (Å²) in [5.74, 6) is 3.64. The molecule has 7 heteroatoms. The van der Waals surface area contributed by atoms with Gasteiger partial charge < -0.3 is 15.2 Å². The molecule has 2 N–H and O–H groups in total. The molecule has 0 spiro atoms. The lowest BCUT2D eigenvalue weighted by Gasteiger charge is -2.13. The number of nitrogens with zero attached hydrogens (tertiary/aromatic N) is 4. The minimum Gasteiger partial charge on any atom is -0.357 e. The third-order valence-corrected chi connectivity index (χ3v) is 4.46. The highest BCUT2D eigenvalue weighted by Crippen LogP contribution is 2.28. The van der Waals surface area contributed by atoms with Crippen molar-refractivity contribution < 1.29 is 0 Å². The molecule has 0 saturated heterocycles. The van der Waals surface area contributed by atoms with E-state index in [2.05, 4.69) is 32.7 Å². The number of aromatic nitrogens is 3. The molecule has 1 fully saturated rings. The first-order valence-electron chi connectivity index (χ1n) is 8.57. The van der Waals surface area contributed by atoms with Gasteiger partial charge in [0.1, 0.15) is 12.4 Å². The maximum Gasteiger partial charge on any atom is 0.191 e. The standard InChI is InChI=1S/C16H30N6.HI/c1-4-17-16(18-11-7-10-14-8-5-6-9-14)19-12-15-21-20-13(2)22(15)3;/h14H,4-12H2,1-3H3,(H2,17,18,19);1H. The molecule has 0 amide bonds. The fourth-order valence-electron chi connectivity index (χ4n) is 2.98. The summed E-state index contributed by atoms with van der Waals surface area (Å²) in [5.41, 5.74) is 0. The van der Waals surface area contributed by atoms with Crippen molar-refractivity contribution in [1.82, 2.24) is 25.4 Å². The third kappa shape index (κ3) is 6.64. The summed E-state index contributed by atoms with van der Waals surface area (Å²) in [6.07, 6.45) is 8.28. The fourth-order valence-corrected chi connectivity index (χ4v) is 2.98. The number of halogens is 1. The molecule has 23 heavy (non-hydrogen) atoms. The number of rotatable bonds is 7. The van der Waals surface area contributed by atoms with Gasteiger partial charge in [0.15, 0.2) is 11.8 Å². The average molecular weight is 434 g/mol. The number of aliphatic imine (C=N–C) groups is 1. The van der Waals surface area contributed by atoms with Crippen molar-refractivity contribution >= 4 is 29.9 Å². The monoisotopic (exact) mass is 434 g/mol. The summed E-state index contributed by atoms with van der Waals surface area (Å²) >= 11 is 0. The van der Waals surface area contributed by atoms with E-state index in [0.29, 0.717) is 6.54 Å². The molecule has 0 aromatic carbocycles. The number of hydrogen-bond acceptors (Lipinski definition) is 3. The van der Waals surface area contributed by atoms with E-state index in [9.17, 15) is 0 Å². The summed E-state index contributed by atoms with van der Waals surface area (Å²) < 4.78 is 1.98. The lowest BCUT2D eigenvalue weighted by Crippen LogP contribution is -2.37. The Morgan fingerprint density at radius 3 is 2.61 bits per heavy atom. The predicted molar refractivity (Wildman–Crippen MR) is 105 cm³/mol. The van der Waals surface area contributed by atoms with E-state index < -0.39 is 0 Å². The average Bonchev–Trinajstić information content (AvgIpc) is 3.13. The van der Waals surface area contributed by atoms with Gasteiger partial charge in [-0.15, -0.1) is 34.2 Å². The molecule has 1 saturated carbocycles. The van der Waals surface area contributed by atoms with Gasteiger partial charge in [-0.1, -0.05) is 25.7 Å². The lowest BCUT2D eigenvalue weighted by atomic mass is 10.0. The summed E-state index contributed by atoms with van der Waals surface area (Å²) in [5, 5.41) is 14.9. The molecule has 0 radical (unpaired) electrons. The molecule has 1 aromatic heterocycles.